The van der Waals surface area contributed by atoms with Crippen molar-refractivity contribution in [2.45, 2.75) is 25.8 Å². The molecule has 1 heterocycles. The summed E-state index contributed by atoms with van der Waals surface area (Å²) in [7, 11) is 0. The van der Waals surface area contributed by atoms with Gasteiger partial charge in [0, 0.05) is 31.2 Å². The number of carbonyl (C=O) groups is 2. The van der Waals surface area contributed by atoms with Gasteiger partial charge in [0.25, 0.3) is 5.91 Å². The van der Waals surface area contributed by atoms with Crippen molar-refractivity contribution in [2.24, 2.45) is 0 Å². The highest BCUT2D eigenvalue weighted by Crippen LogP contribution is 2.12. The van der Waals surface area contributed by atoms with Crippen molar-refractivity contribution in [2.75, 3.05) is 18.8 Å². The van der Waals surface area contributed by atoms with E-state index >= 15 is 0 Å². The quantitative estimate of drug-likeness (QED) is 0.794. The molecular formula is C14H19N3O2. The van der Waals surface area contributed by atoms with E-state index in [2.05, 4.69) is 5.32 Å². The molecule has 102 valence electrons. The fraction of sp³-hybridized carbons (Fsp3) is 0.429. The Hall–Kier alpha value is -2.04. The standard InChI is InChI=1S/C14H19N3O2/c1-10(9-17-8-4-7-13(17)18)16-14(19)11-5-2-3-6-12(11)15/h2-3,5-6,10H,4,7-9,15H2,1H3,(H,16,19). The summed E-state index contributed by atoms with van der Waals surface area (Å²) in [5, 5.41) is 2.87. The lowest BCUT2D eigenvalue weighted by atomic mass is 10.1. The highest BCUT2D eigenvalue weighted by molar-refractivity contribution is 5.99. The van der Waals surface area contributed by atoms with Crippen molar-refractivity contribution in [3.05, 3.63) is 29.8 Å². The number of nitrogen functional groups attached to an aromatic ring is 1. The highest BCUT2D eigenvalue weighted by atomic mass is 16.2. The van der Waals surface area contributed by atoms with Crippen molar-refractivity contribution in [1.82, 2.24) is 10.2 Å². The summed E-state index contributed by atoms with van der Waals surface area (Å²) in [5.74, 6) is -0.0300. The molecule has 2 rings (SSSR count). The molecule has 1 saturated heterocycles. The predicted molar refractivity (Wildman–Crippen MR) is 73.6 cm³/mol. The molecule has 1 aromatic carbocycles. The van der Waals surface area contributed by atoms with Gasteiger partial charge in [-0.05, 0) is 25.5 Å². The molecule has 0 aromatic heterocycles. The molecule has 2 amide bonds. The van der Waals surface area contributed by atoms with E-state index in [0.29, 0.717) is 24.2 Å². The molecule has 3 N–H and O–H groups in total. The normalized spacial score (nSPS) is 16.5. The van der Waals surface area contributed by atoms with E-state index in [1.807, 2.05) is 6.92 Å². The second-order valence-corrected chi connectivity index (χ2v) is 4.91. The minimum absolute atomic E-state index is 0.0887. The Morgan fingerprint density at radius 1 is 1.47 bits per heavy atom. The number of hydrogen-bond donors (Lipinski definition) is 2. The molecule has 5 heteroatoms. The largest absolute Gasteiger partial charge is 0.398 e. The first-order chi connectivity index (χ1) is 9.08. The first-order valence-electron chi connectivity index (χ1n) is 6.51. The third kappa shape index (κ3) is 3.24. The molecule has 0 radical (unpaired) electrons. The Balaban J connectivity index is 1.92. The fourth-order valence-corrected chi connectivity index (χ4v) is 2.28. The lowest BCUT2D eigenvalue weighted by Gasteiger charge is -2.21. The van der Waals surface area contributed by atoms with E-state index in [0.717, 1.165) is 13.0 Å². The summed E-state index contributed by atoms with van der Waals surface area (Å²) in [5.41, 5.74) is 6.69. The highest BCUT2D eigenvalue weighted by Gasteiger charge is 2.22. The van der Waals surface area contributed by atoms with Crippen LogP contribution in [0.15, 0.2) is 24.3 Å². The van der Waals surface area contributed by atoms with Crippen LogP contribution in [-0.4, -0.2) is 35.8 Å². The van der Waals surface area contributed by atoms with Gasteiger partial charge in [0.2, 0.25) is 5.91 Å². The van der Waals surface area contributed by atoms with Gasteiger partial charge in [0.1, 0.15) is 0 Å². The van der Waals surface area contributed by atoms with E-state index in [-0.39, 0.29) is 17.9 Å². The summed E-state index contributed by atoms with van der Waals surface area (Å²) in [6.45, 7) is 3.23. The Labute approximate surface area is 112 Å². The van der Waals surface area contributed by atoms with Crippen LogP contribution in [0.1, 0.15) is 30.1 Å². The number of likely N-dealkylation sites (tertiary alicyclic amines) is 1. The summed E-state index contributed by atoms with van der Waals surface area (Å²) in [4.78, 5) is 25.3. The zero-order valence-electron chi connectivity index (χ0n) is 11.1. The third-order valence-corrected chi connectivity index (χ3v) is 3.25. The minimum atomic E-state index is -0.197. The van der Waals surface area contributed by atoms with Gasteiger partial charge in [-0.25, -0.2) is 0 Å². The summed E-state index contributed by atoms with van der Waals surface area (Å²) >= 11 is 0. The first kappa shape index (κ1) is 13.4. The molecule has 1 aliphatic rings. The molecule has 0 bridgehead atoms. The van der Waals surface area contributed by atoms with E-state index in [9.17, 15) is 9.59 Å². The predicted octanol–water partition coefficient (Wildman–Crippen LogP) is 1.01. The smallest absolute Gasteiger partial charge is 0.253 e. The Bertz CT molecular complexity index is 487. The molecule has 1 unspecified atom stereocenters. The molecule has 1 aromatic rings. The average Bonchev–Trinajstić information content (AvgIpc) is 2.75. The maximum atomic E-state index is 12.0. The number of carbonyl (C=O) groups excluding carboxylic acids is 2. The van der Waals surface area contributed by atoms with Gasteiger partial charge in [-0.2, -0.15) is 0 Å². The SMILES string of the molecule is CC(CN1CCCC1=O)NC(=O)c1ccccc1N. The topological polar surface area (TPSA) is 75.4 Å². The van der Waals surface area contributed by atoms with E-state index < -0.39 is 0 Å². The van der Waals surface area contributed by atoms with Crippen LogP contribution < -0.4 is 11.1 Å². The third-order valence-electron chi connectivity index (χ3n) is 3.25. The van der Waals surface area contributed by atoms with Gasteiger partial charge in [-0.15, -0.1) is 0 Å². The van der Waals surface area contributed by atoms with E-state index in [4.69, 9.17) is 5.73 Å². The zero-order valence-corrected chi connectivity index (χ0v) is 11.1. The van der Waals surface area contributed by atoms with Crippen LogP contribution in [0.3, 0.4) is 0 Å². The van der Waals surface area contributed by atoms with Gasteiger partial charge in [0.05, 0.1) is 5.56 Å². The number of benzene rings is 1. The van der Waals surface area contributed by atoms with Gasteiger partial charge in [0.15, 0.2) is 0 Å². The zero-order chi connectivity index (χ0) is 13.8. The number of anilines is 1. The summed E-state index contributed by atoms with van der Waals surface area (Å²) in [6, 6.07) is 6.87. The summed E-state index contributed by atoms with van der Waals surface area (Å²) in [6.07, 6.45) is 1.53. The Morgan fingerprint density at radius 2 is 2.21 bits per heavy atom. The first-order valence-corrected chi connectivity index (χ1v) is 6.51. The molecule has 1 fully saturated rings. The van der Waals surface area contributed by atoms with Crippen molar-refractivity contribution in [3.63, 3.8) is 0 Å². The van der Waals surface area contributed by atoms with Crippen molar-refractivity contribution in [3.8, 4) is 0 Å². The van der Waals surface area contributed by atoms with Crippen molar-refractivity contribution < 1.29 is 9.59 Å². The minimum Gasteiger partial charge on any atom is -0.398 e. The molecule has 0 aliphatic carbocycles. The van der Waals surface area contributed by atoms with Crippen LogP contribution in [0, 0.1) is 0 Å². The maximum absolute atomic E-state index is 12.0. The van der Waals surface area contributed by atoms with Gasteiger partial charge < -0.3 is 16.0 Å². The second-order valence-electron chi connectivity index (χ2n) is 4.91. The molecule has 19 heavy (non-hydrogen) atoms. The molecule has 1 atom stereocenters. The van der Waals surface area contributed by atoms with Gasteiger partial charge in [-0.3, -0.25) is 9.59 Å². The Morgan fingerprint density at radius 3 is 2.84 bits per heavy atom. The van der Waals surface area contributed by atoms with Crippen LogP contribution in [0.4, 0.5) is 5.69 Å². The molecule has 0 saturated carbocycles. The number of nitrogens with one attached hydrogen (secondary N) is 1. The maximum Gasteiger partial charge on any atom is 0.253 e. The van der Waals surface area contributed by atoms with E-state index in [1.165, 1.54) is 0 Å². The monoisotopic (exact) mass is 261 g/mol. The van der Waals surface area contributed by atoms with E-state index in [1.54, 1.807) is 29.2 Å². The molecule has 1 aliphatic heterocycles. The van der Waals surface area contributed by atoms with Gasteiger partial charge >= 0.3 is 0 Å². The number of rotatable bonds is 4. The lowest BCUT2D eigenvalue weighted by molar-refractivity contribution is -0.127. The van der Waals surface area contributed by atoms with Crippen LogP contribution in [0.2, 0.25) is 0 Å². The summed E-state index contributed by atoms with van der Waals surface area (Å²) < 4.78 is 0. The number of nitrogens with zero attached hydrogens (tertiary/aromatic N) is 1. The van der Waals surface area contributed by atoms with Crippen LogP contribution >= 0.6 is 0 Å². The lowest BCUT2D eigenvalue weighted by Crippen LogP contribution is -2.42. The van der Waals surface area contributed by atoms with Gasteiger partial charge in [-0.1, -0.05) is 12.1 Å². The molecule has 0 spiro atoms. The van der Waals surface area contributed by atoms with Crippen LogP contribution in [-0.2, 0) is 4.79 Å². The number of hydrogen-bond acceptors (Lipinski definition) is 3. The number of para-hydroxylation sites is 1. The fourth-order valence-electron chi connectivity index (χ4n) is 2.28. The number of nitrogens with two attached hydrogens (primary N) is 1. The molecule has 5 nitrogen and oxygen atoms in total. The van der Waals surface area contributed by atoms with Crippen LogP contribution in [0.25, 0.3) is 0 Å². The Kier molecular flexibility index (Phi) is 4.04. The van der Waals surface area contributed by atoms with Crippen molar-refractivity contribution >= 4 is 17.5 Å². The molecular weight excluding hydrogens is 242 g/mol. The van der Waals surface area contributed by atoms with Crippen LogP contribution in [0.5, 0.6) is 0 Å². The number of amides is 2. The second kappa shape index (κ2) is 5.73. The average molecular weight is 261 g/mol. The van der Waals surface area contributed by atoms with Crippen molar-refractivity contribution in [1.29, 1.82) is 0 Å².